The van der Waals surface area contributed by atoms with Gasteiger partial charge in [0.2, 0.25) is 5.89 Å². The third kappa shape index (κ3) is 5.11. The van der Waals surface area contributed by atoms with E-state index in [1.54, 1.807) is 0 Å². The molecule has 0 aliphatic rings. The van der Waals surface area contributed by atoms with E-state index in [2.05, 4.69) is 15.5 Å². The van der Waals surface area contributed by atoms with Crippen molar-refractivity contribution in [3.63, 3.8) is 0 Å². The highest BCUT2D eigenvalue weighted by Gasteiger charge is 2.27. The van der Waals surface area contributed by atoms with Crippen molar-refractivity contribution in [2.24, 2.45) is 0 Å². The fraction of sp³-hybridized carbons (Fsp3) is 0.778. The Kier molecular flexibility index (Phi) is 4.72. The van der Waals surface area contributed by atoms with Gasteiger partial charge in [-0.05, 0) is 20.0 Å². The minimum absolute atomic E-state index is 0.122. The van der Waals surface area contributed by atoms with E-state index in [1.165, 1.54) is 0 Å². The van der Waals surface area contributed by atoms with Gasteiger partial charge in [0.1, 0.15) is 0 Å². The molecule has 16 heavy (non-hydrogen) atoms. The summed E-state index contributed by atoms with van der Waals surface area (Å²) in [4.78, 5) is 3.88. The zero-order valence-corrected chi connectivity index (χ0v) is 8.97. The molecule has 0 radical (unpaired) electrons. The van der Waals surface area contributed by atoms with Crippen molar-refractivity contribution in [1.29, 1.82) is 0 Å². The SMILES string of the molecule is CNCCCc1nc(CCC(F)(F)F)no1. The maximum Gasteiger partial charge on any atom is 0.389 e. The molecule has 0 aliphatic carbocycles. The van der Waals surface area contributed by atoms with Crippen molar-refractivity contribution in [2.75, 3.05) is 13.6 Å². The number of nitrogens with one attached hydrogen (secondary N) is 1. The smallest absolute Gasteiger partial charge is 0.339 e. The first-order valence-corrected chi connectivity index (χ1v) is 5.04. The minimum Gasteiger partial charge on any atom is -0.339 e. The molecular formula is C9H14F3N3O. The molecule has 0 saturated heterocycles. The fourth-order valence-electron chi connectivity index (χ4n) is 1.16. The second-order valence-corrected chi connectivity index (χ2v) is 3.43. The van der Waals surface area contributed by atoms with E-state index in [0.717, 1.165) is 13.0 Å². The van der Waals surface area contributed by atoms with Crippen LogP contribution in [0.5, 0.6) is 0 Å². The maximum atomic E-state index is 11.9. The summed E-state index contributed by atoms with van der Waals surface area (Å²) in [6.45, 7) is 0.806. The Labute approximate surface area is 91.2 Å². The molecule has 0 fully saturated rings. The molecule has 0 aliphatic heterocycles. The molecule has 0 bridgehead atoms. The van der Waals surface area contributed by atoms with E-state index in [0.29, 0.717) is 12.3 Å². The molecule has 4 nitrogen and oxygen atoms in total. The van der Waals surface area contributed by atoms with Crippen LogP contribution in [-0.2, 0) is 12.8 Å². The van der Waals surface area contributed by atoms with Crippen molar-refractivity contribution in [3.05, 3.63) is 11.7 Å². The molecule has 1 aromatic rings. The molecule has 1 aromatic heterocycles. The van der Waals surface area contributed by atoms with Gasteiger partial charge in [-0.25, -0.2) is 0 Å². The van der Waals surface area contributed by atoms with Crippen LogP contribution >= 0.6 is 0 Å². The monoisotopic (exact) mass is 237 g/mol. The van der Waals surface area contributed by atoms with E-state index < -0.39 is 12.6 Å². The Morgan fingerprint density at radius 3 is 2.69 bits per heavy atom. The highest BCUT2D eigenvalue weighted by atomic mass is 19.4. The van der Waals surface area contributed by atoms with E-state index in [-0.39, 0.29) is 12.2 Å². The van der Waals surface area contributed by atoms with Crippen molar-refractivity contribution >= 4 is 0 Å². The van der Waals surface area contributed by atoms with Crippen LogP contribution in [0.1, 0.15) is 24.6 Å². The van der Waals surface area contributed by atoms with E-state index >= 15 is 0 Å². The van der Waals surface area contributed by atoms with Crippen LogP contribution in [0.2, 0.25) is 0 Å². The largest absolute Gasteiger partial charge is 0.389 e. The number of aryl methyl sites for hydroxylation is 2. The third-order valence-electron chi connectivity index (χ3n) is 1.96. The molecule has 0 spiro atoms. The molecule has 1 N–H and O–H groups in total. The molecule has 92 valence electrons. The summed E-state index contributed by atoms with van der Waals surface area (Å²) in [6.07, 6.45) is -3.91. The summed E-state index contributed by atoms with van der Waals surface area (Å²) in [5, 5.41) is 6.44. The first kappa shape index (κ1) is 13.0. The Morgan fingerprint density at radius 2 is 2.06 bits per heavy atom. The molecular weight excluding hydrogens is 223 g/mol. The van der Waals surface area contributed by atoms with Crippen LogP contribution < -0.4 is 5.32 Å². The lowest BCUT2D eigenvalue weighted by Gasteiger charge is -2.01. The third-order valence-corrected chi connectivity index (χ3v) is 1.96. The molecule has 1 rings (SSSR count). The van der Waals surface area contributed by atoms with Gasteiger partial charge in [-0.3, -0.25) is 0 Å². The topological polar surface area (TPSA) is 51.0 Å². The standard InChI is InChI=1S/C9H14F3N3O/c1-13-6-2-3-8-14-7(15-16-8)4-5-9(10,11)12/h13H,2-6H2,1H3. The first-order valence-electron chi connectivity index (χ1n) is 5.04. The average molecular weight is 237 g/mol. The zero-order valence-electron chi connectivity index (χ0n) is 8.97. The normalized spacial score (nSPS) is 12.0. The highest BCUT2D eigenvalue weighted by Crippen LogP contribution is 2.21. The minimum atomic E-state index is -4.17. The van der Waals surface area contributed by atoms with Crippen molar-refractivity contribution < 1.29 is 17.7 Å². The summed E-state index contributed by atoms with van der Waals surface area (Å²) in [5.41, 5.74) is 0. The predicted molar refractivity (Wildman–Crippen MR) is 50.9 cm³/mol. The first-order chi connectivity index (χ1) is 7.51. The number of hydrogen-bond donors (Lipinski definition) is 1. The summed E-state index contributed by atoms with van der Waals surface area (Å²) in [5.74, 6) is 0.518. The summed E-state index contributed by atoms with van der Waals surface area (Å²) >= 11 is 0. The number of aromatic nitrogens is 2. The Balaban J connectivity index is 2.33. The maximum absolute atomic E-state index is 11.9. The second-order valence-electron chi connectivity index (χ2n) is 3.43. The van der Waals surface area contributed by atoms with Gasteiger partial charge in [-0.15, -0.1) is 0 Å². The number of halogens is 3. The fourth-order valence-corrected chi connectivity index (χ4v) is 1.16. The second kappa shape index (κ2) is 5.83. The number of nitrogens with zero attached hydrogens (tertiary/aromatic N) is 2. The molecule has 0 unspecified atom stereocenters. The predicted octanol–water partition coefficient (Wildman–Crippen LogP) is 1.72. The van der Waals surface area contributed by atoms with Crippen LogP contribution in [-0.4, -0.2) is 29.9 Å². The lowest BCUT2D eigenvalue weighted by atomic mass is 10.3. The van der Waals surface area contributed by atoms with E-state index in [1.807, 2.05) is 7.05 Å². The van der Waals surface area contributed by atoms with Gasteiger partial charge in [0.15, 0.2) is 5.82 Å². The van der Waals surface area contributed by atoms with Gasteiger partial charge in [0, 0.05) is 12.8 Å². The lowest BCUT2D eigenvalue weighted by molar-refractivity contribution is -0.134. The molecule has 1 heterocycles. The van der Waals surface area contributed by atoms with Crippen LogP contribution in [0, 0.1) is 0 Å². The van der Waals surface area contributed by atoms with Crippen LogP contribution in [0.25, 0.3) is 0 Å². The van der Waals surface area contributed by atoms with E-state index in [9.17, 15) is 13.2 Å². The lowest BCUT2D eigenvalue weighted by Crippen LogP contribution is -2.09. The Hall–Kier alpha value is -1.11. The van der Waals surface area contributed by atoms with E-state index in [4.69, 9.17) is 4.52 Å². The number of alkyl halides is 3. The Morgan fingerprint density at radius 1 is 1.31 bits per heavy atom. The molecule has 0 saturated carbocycles. The van der Waals surface area contributed by atoms with Crippen molar-refractivity contribution in [2.45, 2.75) is 31.9 Å². The Bertz CT molecular complexity index is 311. The van der Waals surface area contributed by atoms with Crippen LogP contribution in [0.15, 0.2) is 4.52 Å². The van der Waals surface area contributed by atoms with Gasteiger partial charge < -0.3 is 9.84 Å². The van der Waals surface area contributed by atoms with Gasteiger partial charge in [-0.1, -0.05) is 5.16 Å². The summed E-state index contributed by atoms with van der Waals surface area (Å²) in [7, 11) is 1.82. The summed E-state index contributed by atoms with van der Waals surface area (Å²) < 4.78 is 40.5. The van der Waals surface area contributed by atoms with Crippen LogP contribution in [0.4, 0.5) is 13.2 Å². The van der Waals surface area contributed by atoms with Crippen molar-refractivity contribution in [1.82, 2.24) is 15.5 Å². The summed E-state index contributed by atoms with van der Waals surface area (Å²) in [6, 6.07) is 0. The molecule has 7 heteroatoms. The number of rotatable bonds is 6. The van der Waals surface area contributed by atoms with Crippen LogP contribution in [0.3, 0.4) is 0 Å². The molecule has 0 amide bonds. The van der Waals surface area contributed by atoms with Gasteiger partial charge >= 0.3 is 6.18 Å². The number of hydrogen-bond acceptors (Lipinski definition) is 4. The van der Waals surface area contributed by atoms with Gasteiger partial charge in [-0.2, -0.15) is 18.2 Å². The quantitative estimate of drug-likeness (QED) is 0.765. The van der Waals surface area contributed by atoms with Gasteiger partial charge in [0.25, 0.3) is 0 Å². The zero-order chi connectivity index (χ0) is 12.0. The van der Waals surface area contributed by atoms with Gasteiger partial charge in [0.05, 0.1) is 6.42 Å². The highest BCUT2D eigenvalue weighted by molar-refractivity contribution is 4.87. The molecule has 0 atom stereocenters. The average Bonchev–Trinajstić information content (AvgIpc) is 2.62. The van der Waals surface area contributed by atoms with Crippen molar-refractivity contribution in [3.8, 4) is 0 Å². The molecule has 0 aromatic carbocycles.